The van der Waals surface area contributed by atoms with Crippen molar-refractivity contribution >= 4 is 11.0 Å². The highest BCUT2D eigenvalue weighted by atomic mass is 19.4. The topological polar surface area (TPSA) is 56.7 Å². The Morgan fingerprint density at radius 3 is 2.75 bits per heavy atom. The van der Waals surface area contributed by atoms with Crippen LogP contribution in [0.3, 0.4) is 0 Å². The molecule has 8 heteroatoms. The lowest BCUT2D eigenvalue weighted by Crippen LogP contribution is -2.09. The zero-order valence-electron chi connectivity index (χ0n) is 10.1. The summed E-state index contributed by atoms with van der Waals surface area (Å²) in [6.45, 7) is 0.250. The number of hydrogen-bond donors (Lipinski definition) is 0. The number of aromatic nitrogens is 4. The van der Waals surface area contributed by atoms with Gasteiger partial charge in [-0.3, -0.25) is 4.68 Å². The Bertz CT molecular complexity index is 731. The number of fused-ring (bicyclic) bond motifs is 1. The maximum atomic E-state index is 12.4. The Labute approximate surface area is 111 Å². The van der Waals surface area contributed by atoms with Gasteiger partial charge in [0.2, 0.25) is 0 Å². The van der Waals surface area contributed by atoms with E-state index in [4.69, 9.17) is 4.52 Å². The predicted octanol–water partition coefficient (Wildman–Crippen LogP) is 2.68. The minimum Gasteiger partial charge on any atom is -0.356 e. The van der Waals surface area contributed by atoms with Crippen LogP contribution in [0.5, 0.6) is 0 Å². The lowest BCUT2D eigenvalue weighted by molar-refractivity contribution is -0.145. The first-order chi connectivity index (χ1) is 9.54. The largest absolute Gasteiger partial charge is 0.453 e. The summed E-state index contributed by atoms with van der Waals surface area (Å²) in [7, 11) is 0. The van der Waals surface area contributed by atoms with Crippen molar-refractivity contribution in [3.63, 3.8) is 0 Å². The minimum atomic E-state index is -4.52. The number of para-hydroxylation sites is 1. The lowest BCUT2D eigenvalue weighted by atomic mass is 10.2. The second kappa shape index (κ2) is 4.62. The molecule has 0 saturated carbocycles. The third-order valence-electron chi connectivity index (χ3n) is 2.82. The average Bonchev–Trinajstić information content (AvgIpc) is 3.02. The summed E-state index contributed by atoms with van der Waals surface area (Å²) in [5.41, 5.74) is 1.33. The lowest BCUT2D eigenvalue weighted by Gasteiger charge is -2.00. The number of alkyl halides is 3. The van der Waals surface area contributed by atoms with Crippen LogP contribution < -0.4 is 0 Å². The van der Waals surface area contributed by atoms with Crippen LogP contribution in [-0.2, 0) is 19.1 Å². The number of halogens is 3. The zero-order chi connectivity index (χ0) is 14.2. The maximum absolute atomic E-state index is 12.4. The Morgan fingerprint density at radius 2 is 2.00 bits per heavy atom. The molecule has 2 aromatic heterocycles. The number of benzene rings is 1. The third-order valence-corrected chi connectivity index (χ3v) is 2.82. The van der Waals surface area contributed by atoms with Crippen molar-refractivity contribution in [2.24, 2.45) is 0 Å². The summed E-state index contributed by atoms with van der Waals surface area (Å²) in [5.74, 6) is -1.14. The van der Waals surface area contributed by atoms with Crippen LogP contribution in [0.25, 0.3) is 11.0 Å². The first-order valence-electron chi connectivity index (χ1n) is 5.84. The molecule has 0 aliphatic carbocycles. The van der Waals surface area contributed by atoms with E-state index in [1.54, 1.807) is 6.07 Å². The summed E-state index contributed by atoms with van der Waals surface area (Å²) < 4.78 is 43.3. The molecular weight excluding hydrogens is 273 g/mol. The highest BCUT2D eigenvalue weighted by molar-refractivity contribution is 5.79. The Morgan fingerprint density at radius 1 is 1.20 bits per heavy atom. The molecule has 0 amide bonds. The van der Waals surface area contributed by atoms with E-state index < -0.39 is 12.0 Å². The summed E-state index contributed by atoms with van der Waals surface area (Å²) in [6, 6.07) is 7.30. The van der Waals surface area contributed by atoms with Crippen LogP contribution in [0.1, 0.15) is 11.5 Å². The van der Waals surface area contributed by atoms with Crippen molar-refractivity contribution in [1.29, 1.82) is 0 Å². The van der Waals surface area contributed by atoms with E-state index >= 15 is 0 Å². The van der Waals surface area contributed by atoms with Crippen LogP contribution in [0.15, 0.2) is 35.1 Å². The van der Waals surface area contributed by atoms with Gasteiger partial charge in [-0.15, -0.1) is 5.10 Å². The van der Waals surface area contributed by atoms with Gasteiger partial charge < -0.3 is 4.52 Å². The molecule has 20 heavy (non-hydrogen) atoms. The van der Waals surface area contributed by atoms with Gasteiger partial charge in [-0.1, -0.05) is 17.3 Å². The molecule has 0 spiro atoms. The van der Waals surface area contributed by atoms with Gasteiger partial charge >= 0.3 is 6.18 Å². The quantitative estimate of drug-likeness (QED) is 0.741. The Hall–Kier alpha value is -2.38. The van der Waals surface area contributed by atoms with Crippen molar-refractivity contribution < 1.29 is 17.7 Å². The molecule has 5 nitrogen and oxygen atoms in total. The number of rotatable bonds is 3. The molecule has 104 valence electrons. The molecule has 0 fully saturated rings. The second-order valence-corrected chi connectivity index (χ2v) is 4.20. The normalized spacial score (nSPS) is 12.2. The molecular formula is C12H9F3N4O. The summed E-state index contributed by atoms with van der Waals surface area (Å²) in [6.07, 6.45) is -3.05. The van der Waals surface area contributed by atoms with E-state index in [0.29, 0.717) is 17.7 Å². The van der Waals surface area contributed by atoms with Crippen molar-refractivity contribution in [1.82, 2.24) is 19.9 Å². The van der Waals surface area contributed by atoms with Gasteiger partial charge in [0.1, 0.15) is 6.33 Å². The molecule has 2 heterocycles. The second-order valence-electron chi connectivity index (χ2n) is 4.20. The number of hydrogen-bond acceptors (Lipinski definition) is 4. The molecule has 0 unspecified atom stereocenters. The Kier molecular flexibility index (Phi) is 2.92. The molecule has 0 atom stereocenters. The van der Waals surface area contributed by atoms with Gasteiger partial charge in [0, 0.05) is 18.4 Å². The van der Waals surface area contributed by atoms with E-state index in [9.17, 15) is 13.2 Å². The molecule has 0 saturated heterocycles. The summed E-state index contributed by atoms with van der Waals surface area (Å²) >= 11 is 0. The van der Waals surface area contributed by atoms with Gasteiger partial charge in [0.25, 0.3) is 5.82 Å². The molecule has 3 rings (SSSR count). The van der Waals surface area contributed by atoms with E-state index in [1.165, 1.54) is 0 Å². The van der Waals surface area contributed by atoms with Crippen molar-refractivity contribution in [2.75, 3.05) is 0 Å². The number of nitrogens with zero attached hydrogens (tertiary/aromatic N) is 4. The van der Waals surface area contributed by atoms with E-state index in [-0.39, 0.29) is 6.54 Å². The highest BCUT2D eigenvalue weighted by Crippen LogP contribution is 2.25. The molecule has 0 aliphatic rings. The molecule has 0 aliphatic heterocycles. The fourth-order valence-corrected chi connectivity index (χ4v) is 1.87. The van der Waals surface area contributed by atoms with E-state index in [2.05, 4.69) is 15.2 Å². The van der Waals surface area contributed by atoms with Gasteiger partial charge in [-0.25, -0.2) is 4.98 Å². The maximum Gasteiger partial charge on any atom is 0.453 e. The molecule has 0 bridgehead atoms. The third kappa shape index (κ3) is 2.36. The van der Waals surface area contributed by atoms with E-state index in [0.717, 1.165) is 16.4 Å². The van der Waals surface area contributed by atoms with Crippen LogP contribution in [0.2, 0.25) is 0 Å². The fraction of sp³-hybridized carbons (Fsp3) is 0.250. The van der Waals surface area contributed by atoms with Gasteiger partial charge in [0.05, 0.1) is 5.69 Å². The smallest absolute Gasteiger partial charge is 0.356 e. The van der Waals surface area contributed by atoms with Crippen LogP contribution in [0.4, 0.5) is 13.2 Å². The molecule has 1 aromatic carbocycles. The van der Waals surface area contributed by atoms with Crippen LogP contribution in [-0.4, -0.2) is 19.9 Å². The zero-order valence-corrected chi connectivity index (χ0v) is 10.1. The van der Waals surface area contributed by atoms with Crippen molar-refractivity contribution in [2.45, 2.75) is 19.1 Å². The van der Waals surface area contributed by atoms with Gasteiger partial charge in [-0.2, -0.15) is 13.2 Å². The predicted molar refractivity (Wildman–Crippen MR) is 62.7 cm³/mol. The SMILES string of the molecule is FC(F)(F)c1ncn(CCc2noc3ccccc23)n1. The standard InChI is InChI=1S/C12H9F3N4O/c13-12(14,15)11-16-7-19(17-11)6-5-9-8-3-1-2-4-10(8)20-18-9/h1-4,7H,5-6H2. The van der Waals surface area contributed by atoms with Gasteiger partial charge in [0.15, 0.2) is 5.58 Å². The molecule has 0 N–H and O–H groups in total. The first kappa shape index (κ1) is 12.6. The monoisotopic (exact) mass is 282 g/mol. The van der Waals surface area contributed by atoms with Crippen molar-refractivity contribution in [3.8, 4) is 0 Å². The first-order valence-corrected chi connectivity index (χ1v) is 5.84. The Balaban J connectivity index is 1.75. The highest BCUT2D eigenvalue weighted by Gasteiger charge is 2.35. The van der Waals surface area contributed by atoms with Crippen molar-refractivity contribution in [3.05, 3.63) is 42.1 Å². The summed E-state index contributed by atoms with van der Waals surface area (Å²) in [4.78, 5) is 3.23. The van der Waals surface area contributed by atoms with Crippen LogP contribution in [0, 0.1) is 0 Å². The minimum absolute atomic E-state index is 0.250. The van der Waals surface area contributed by atoms with Gasteiger partial charge in [-0.05, 0) is 12.1 Å². The number of aryl methyl sites for hydroxylation is 2. The molecule has 0 radical (unpaired) electrons. The summed E-state index contributed by atoms with van der Waals surface area (Å²) in [5, 5.41) is 8.14. The fourth-order valence-electron chi connectivity index (χ4n) is 1.87. The van der Waals surface area contributed by atoms with Crippen LogP contribution >= 0.6 is 0 Å². The average molecular weight is 282 g/mol. The van der Waals surface area contributed by atoms with E-state index in [1.807, 2.05) is 18.2 Å². The molecule has 3 aromatic rings.